The van der Waals surface area contributed by atoms with Crippen molar-refractivity contribution in [3.05, 3.63) is 0 Å². The zero-order valence-electron chi connectivity index (χ0n) is 6.09. The Morgan fingerprint density at radius 1 is 1.50 bits per heavy atom. The molecule has 0 aromatic heterocycles. The summed E-state index contributed by atoms with van der Waals surface area (Å²) in [6.07, 6.45) is 0.894. The topological polar surface area (TPSA) is 46.5 Å². The molecule has 0 amide bonds. The second kappa shape index (κ2) is 2.68. The van der Waals surface area contributed by atoms with Gasteiger partial charge in [0.25, 0.3) is 0 Å². The Bertz CT molecular complexity index is 136. The molecule has 3 heteroatoms. The fourth-order valence-corrected chi connectivity index (χ4v) is 1.06. The van der Waals surface area contributed by atoms with Crippen LogP contribution in [0.15, 0.2) is 0 Å². The van der Waals surface area contributed by atoms with Crippen LogP contribution in [0.1, 0.15) is 19.8 Å². The van der Waals surface area contributed by atoms with E-state index in [1.807, 2.05) is 0 Å². The van der Waals surface area contributed by atoms with Gasteiger partial charge in [-0.05, 0) is 6.92 Å². The number of aliphatic hydroxyl groups is 1. The Balaban J connectivity index is 2.56. The summed E-state index contributed by atoms with van der Waals surface area (Å²) in [5, 5.41) is 9.52. The number of rotatable bonds is 1. The number of hydrogen-bond donors (Lipinski definition) is 1. The maximum Gasteiger partial charge on any atom is 0.161 e. The molecule has 0 aromatic carbocycles. The molecule has 1 rings (SSSR count). The van der Waals surface area contributed by atoms with Crippen molar-refractivity contribution in [1.82, 2.24) is 0 Å². The molecule has 58 valence electrons. The predicted octanol–water partition coefficient (Wildman–Crippen LogP) is 0.117. The van der Waals surface area contributed by atoms with E-state index in [4.69, 9.17) is 4.74 Å². The Hall–Kier alpha value is -0.410. The first-order valence-corrected chi connectivity index (χ1v) is 3.46. The summed E-state index contributed by atoms with van der Waals surface area (Å²) in [6, 6.07) is 0. The molecule has 1 fully saturated rings. The van der Waals surface area contributed by atoms with Crippen LogP contribution in [0.25, 0.3) is 0 Å². The number of ether oxygens (including phenoxy) is 1. The Morgan fingerprint density at radius 3 is 2.30 bits per heavy atom. The Morgan fingerprint density at radius 2 is 2.00 bits per heavy atom. The number of Topliss-reactive ketones (excluding diaryl/α,β-unsaturated/α-hetero) is 1. The third-order valence-electron chi connectivity index (χ3n) is 1.98. The van der Waals surface area contributed by atoms with Gasteiger partial charge in [0.15, 0.2) is 5.78 Å². The Labute approximate surface area is 60.0 Å². The molecule has 0 bridgehead atoms. The molecule has 0 radical (unpaired) electrons. The van der Waals surface area contributed by atoms with Gasteiger partial charge in [0, 0.05) is 26.1 Å². The normalized spacial score (nSPS) is 24.2. The van der Waals surface area contributed by atoms with Crippen LogP contribution in [0.3, 0.4) is 0 Å². The van der Waals surface area contributed by atoms with Gasteiger partial charge < -0.3 is 9.84 Å². The van der Waals surface area contributed by atoms with Gasteiger partial charge in [-0.2, -0.15) is 0 Å². The highest BCUT2D eigenvalue weighted by atomic mass is 16.5. The van der Waals surface area contributed by atoms with Crippen LogP contribution in [0.5, 0.6) is 0 Å². The number of hydrogen-bond acceptors (Lipinski definition) is 3. The predicted molar refractivity (Wildman–Crippen MR) is 35.7 cm³/mol. The molecule has 1 N–H and O–H groups in total. The molecular weight excluding hydrogens is 132 g/mol. The van der Waals surface area contributed by atoms with Crippen molar-refractivity contribution in [3.63, 3.8) is 0 Å². The third kappa shape index (κ3) is 1.36. The molecule has 0 aliphatic carbocycles. The van der Waals surface area contributed by atoms with Crippen molar-refractivity contribution in [2.75, 3.05) is 13.2 Å². The van der Waals surface area contributed by atoms with Gasteiger partial charge >= 0.3 is 0 Å². The number of ketones is 1. The lowest BCUT2D eigenvalue weighted by Crippen LogP contribution is -2.42. The SMILES string of the molecule is CC(=O)C1(O)CCOCC1. The van der Waals surface area contributed by atoms with Gasteiger partial charge in [0.1, 0.15) is 5.60 Å². The van der Waals surface area contributed by atoms with Gasteiger partial charge in [-0.1, -0.05) is 0 Å². The van der Waals surface area contributed by atoms with Crippen LogP contribution in [-0.4, -0.2) is 29.7 Å². The molecule has 0 aromatic rings. The smallest absolute Gasteiger partial charge is 0.161 e. The molecule has 10 heavy (non-hydrogen) atoms. The lowest BCUT2D eigenvalue weighted by Gasteiger charge is -2.29. The highest BCUT2D eigenvalue weighted by Gasteiger charge is 2.34. The van der Waals surface area contributed by atoms with Crippen LogP contribution < -0.4 is 0 Å². The van der Waals surface area contributed by atoms with Gasteiger partial charge in [0.2, 0.25) is 0 Å². The molecule has 0 atom stereocenters. The zero-order valence-corrected chi connectivity index (χ0v) is 6.09. The molecule has 3 nitrogen and oxygen atoms in total. The van der Waals surface area contributed by atoms with E-state index < -0.39 is 5.60 Å². The molecule has 1 aliphatic rings. The molecule has 1 aliphatic heterocycles. The minimum Gasteiger partial charge on any atom is -0.382 e. The molecule has 1 saturated heterocycles. The highest BCUT2D eigenvalue weighted by molar-refractivity contribution is 5.84. The van der Waals surface area contributed by atoms with Crippen LogP contribution in [0.4, 0.5) is 0 Å². The third-order valence-corrected chi connectivity index (χ3v) is 1.98. The fourth-order valence-electron chi connectivity index (χ4n) is 1.06. The average Bonchev–Trinajstić information content (AvgIpc) is 1.89. The minimum absolute atomic E-state index is 0.143. The van der Waals surface area contributed by atoms with E-state index >= 15 is 0 Å². The number of carbonyl (C=O) groups is 1. The second-order valence-electron chi connectivity index (χ2n) is 2.70. The molecule has 0 spiro atoms. The first kappa shape index (κ1) is 7.69. The zero-order chi connectivity index (χ0) is 7.61. The van der Waals surface area contributed by atoms with Crippen molar-refractivity contribution < 1.29 is 14.6 Å². The summed E-state index contributed by atoms with van der Waals surface area (Å²) >= 11 is 0. The minimum atomic E-state index is -1.09. The summed E-state index contributed by atoms with van der Waals surface area (Å²) in [6.45, 7) is 2.41. The average molecular weight is 144 g/mol. The standard InChI is InChI=1S/C7H12O3/c1-6(8)7(9)2-4-10-5-3-7/h9H,2-5H2,1H3. The molecule has 0 saturated carbocycles. The summed E-state index contributed by atoms with van der Waals surface area (Å²) in [4.78, 5) is 10.8. The van der Waals surface area contributed by atoms with Crippen molar-refractivity contribution in [3.8, 4) is 0 Å². The van der Waals surface area contributed by atoms with Crippen LogP contribution in [-0.2, 0) is 9.53 Å². The van der Waals surface area contributed by atoms with E-state index in [-0.39, 0.29) is 5.78 Å². The van der Waals surface area contributed by atoms with Gasteiger partial charge in [0.05, 0.1) is 0 Å². The quantitative estimate of drug-likeness (QED) is 0.568. The van der Waals surface area contributed by atoms with Crippen LogP contribution in [0.2, 0.25) is 0 Å². The first-order chi connectivity index (χ1) is 4.65. The van der Waals surface area contributed by atoms with Crippen molar-refractivity contribution in [2.45, 2.75) is 25.4 Å². The highest BCUT2D eigenvalue weighted by Crippen LogP contribution is 2.20. The summed E-state index contributed by atoms with van der Waals surface area (Å²) in [5.41, 5.74) is -1.09. The lowest BCUT2D eigenvalue weighted by molar-refractivity contribution is -0.144. The number of carbonyl (C=O) groups excluding carboxylic acids is 1. The fraction of sp³-hybridized carbons (Fsp3) is 0.857. The largest absolute Gasteiger partial charge is 0.382 e. The van der Waals surface area contributed by atoms with E-state index in [9.17, 15) is 9.90 Å². The summed E-state index contributed by atoms with van der Waals surface area (Å²) in [7, 11) is 0. The maximum absolute atomic E-state index is 10.8. The van der Waals surface area contributed by atoms with Crippen molar-refractivity contribution >= 4 is 5.78 Å². The van der Waals surface area contributed by atoms with E-state index in [0.29, 0.717) is 26.1 Å². The van der Waals surface area contributed by atoms with E-state index in [2.05, 4.69) is 0 Å². The van der Waals surface area contributed by atoms with E-state index in [1.165, 1.54) is 6.92 Å². The van der Waals surface area contributed by atoms with Crippen LogP contribution >= 0.6 is 0 Å². The van der Waals surface area contributed by atoms with Gasteiger partial charge in [-0.15, -0.1) is 0 Å². The van der Waals surface area contributed by atoms with E-state index in [0.717, 1.165) is 0 Å². The van der Waals surface area contributed by atoms with Gasteiger partial charge in [-0.25, -0.2) is 0 Å². The van der Waals surface area contributed by atoms with Crippen LogP contribution in [0, 0.1) is 0 Å². The molecule has 0 unspecified atom stereocenters. The molecular formula is C7H12O3. The molecule has 1 heterocycles. The van der Waals surface area contributed by atoms with E-state index in [1.54, 1.807) is 0 Å². The summed E-state index contributed by atoms with van der Waals surface area (Å²) in [5.74, 6) is -0.143. The first-order valence-electron chi connectivity index (χ1n) is 3.46. The second-order valence-corrected chi connectivity index (χ2v) is 2.70. The lowest BCUT2D eigenvalue weighted by atomic mass is 9.91. The monoisotopic (exact) mass is 144 g/mol. The van der Waals surface area contributed by atoms with Gasteiger partial charge in [-0.3, -0.25) is 4.79 Å². The maximum atomic E-state index is 10.8. The Kier molecular flexibility index (Phi) is 2.06. The summed E-state index contributed by atoms with van der Waals surface area (Å²) < 4.78 is 5.00. The van der Waals surface area contributed by atoms with Crippen molar-refractivity contribution in [1.29, 1.82) is 0 Å². The van der Waals surface area contributed by atoms with Crippen molar-refractivity contribution in [2.24, 2.45) is 0 Å².